The van der Waals surface area contributed by atoms with Crippen molar-refractivity contribution in [3.63, 3.8) is 0 Å². The quantitative estimate of drug-likeness (QED) is 0.181. The van der Waals surface area contributed by atoms with Crippen LogP contribution in [0.4, 0.5) is 0 Å². The fourth-order valence-corrected chi connectivity index (χ4v) is 7.50. The number of rotatable bonds is 5. The standard InChI is InChI=1S/C43H36N2/c1-42(2)37-15-9-7-13-33(37)35-21-17-28(23-39(35)42)26-44-41(32-20-19-30-11-5-6-12-31(30)25-32)45-27-29-18-22-36-34-14-8-10-16-38(34)43(3,4)40(36)24-29/h5-27,41H,1-4H3/b44-26+,45-27+. The molecule has 0 aliphatic heterocycles. The second kappa shape index (κ2) is 10.2. The van der Waals surface area contributed by atoms with Gasteiger partial charge in [-0.25, -0.2) is 0 Å². The molecule has 0 atom stereocenters. The molecule has 0 aromatic heterocycles. The summed E-state index contributed by atoms with van der Waals surface area (Å²) in [5, 5.41) is 2.41. The Morgan fingerprint density at radius 1 is 0.444 bits per heavy atom. The van der Waals surface area contributed by atoms with Crippen LogP contribution in [0.2, 0.25) is 0 Å². The van der Waals surface area contributed by atoms with E-state index in [1.807, 2.05) is 12.4 Å². The average molecular weight is 581 g/mol. The molecule has 6 aromatic rings. The van der Waals surface area contributed by atoms with E-state index in [2.05, 4.69) is 155 Å². The summed E-state index contributed by atoms with van der Waals surface area (Å²) in [6.45, 7) is 9.27. The lowest BCUT2D eigenvalue weighted by atomic mass is 9.82. The zero-order valence-corrected chi connectivity index (χ0v) is 26.3. The van der Waals surface area contributed by atoms with Crippen LogP contribution in [0.5, 0.6) is 0 Å². The van der Waals surface area contributed by atoms with Gasteiger partial charge in [0.1, 0.15) is 0 Å². The van der Waals surface area contributed by atoms with Crippen LogP contribution in [0.3, 0.4) is 0 Å². The lowest BCUT2D eigenvalue weighted by Crippen LogP contribution is -2.15. The van der Waals surface area contributed by atoms with Crippen molar-refractivity contribution in [1.82, 2.24) is 0 Å². The lowest BCUT2D eigenvalue weighted by Gasteiger charge is -2.21. The fraction of sp³-hybridized carbons (Fsp3) is 0.163. The Morgan fingerprint density at radius 2 is 0.911 bits per heavy atom. The van der Waals surface area contributed by atoms with E-state index >= 15 is 0 Å². The van der Waals surface area contributed by atoms with Gasteiger partial charge in [0.25, 0.3) is 0 Å². The fourth-order valence-electron chi connectivity index (χ4n) is 7.50. The summed E-state index contributed by atoms with van der Waals surface area (Å²) < 4.78 is 0. The van der Waals surface area contributed by atoms with E-state index in [1.165, 1.54) is 55.3 Å². The Hall–Kier alpha value is -5.08. The zero-order valence-electron chi connectivity index (χ0n) is 26.3. The number of nitrogens with zero attached hydrogens (tertiary/aromatic N) is 2. The maximum absolute atomic E-state index is 5.12. The molecule has 218 valence electrons. The van der Waals surface area contributed by atoms with E-state index in [9.17, 15) is 0 Å². The van der Waals surface area contributed by atoms with E-state index in [0.717, 1.165) is 16.7 Å². The smallest absolute Gasteiger partial charge is 0.165 e. The van der Waals surface area contributed by atoms with Gasteiger partial charge in [-0.1, -0.05) is 137 Å². The van der Waals surface area contributed by atoms with Gasteiger partial charge >= 0.3 is 0 Å². The topological polar surface area (TPSA) is 24.7 Å². The molecule has 0 heterocycles. The minimum absolute atomic E-state index is 0.0489. The van der Waals surface area contributed by atoms with Gasteiger partial charge in [0.05, 0.1) is 0 Å². The third-order valence-corrected chi connectivity index (χ3v) is 10.0. The summed E-state index contributed by atoms with van der Waals surface area (Å²) in [6.07, 6.45) is 3.63. The van der Waals surface area contributed by atoms with Crippen LogP contribution in [0, 0.1) is 0 Å². The molecule has 6 aromatic carbocycles. The first-order chi connectivity index (χ1) is 21.8. The molecule has 0 fully saturated rings. The molecule has 0 amide bonds. The highest BCUT2D eigenvalue weighted by molar-refractivity contribution is 5.89. The van der Waals surface area contributed by atoms with Gasteiger partial charge in [0, 0.05) is 23.3 Å². The summed E-state index contributed by atoms with van der Waals surface area (Å²) in [5.74, 6) is 0. The van der Waals surface area contributed by atoms with Crippen molar-refractivity contribution in [2.24, 2.45) is 9.98 Å². The van der Waals surface area contributed by atoms with Crippen molar-refractivity contribution in [3.8, 4) is 22.3 Å². The molecule has 0 unspecified atom stereocenters. The van der Waals surface area contributed by atoms with Crippen LogP contribution in [-0.4, -0.2) is 12.4 Å². The minimum atomic E-state index is -0.369. The van der Waals surface area contributed by atoms with Gasteiger partial charge in [0.15, 0.2) is 6.17 Å². The first kappa shape index (κ1) is 27.5. The highest BCUT2D eigenvalue weighted by atomic mass is 15.0. The van der Waals surface area contributed by atoms with E-state index in [-0.39, 0.29) is 17.0 Å². The first-order valence-electron chi connectivity index (χ1n) is 15.8. The Morgan fingerprint density at radius 3 is 1.47 bits per heavy atom. The second-order valence-electron chi connectivity index (χ2n) is 13.5. The maximum atomic E-state index is 5.12. The van der Waals surface area contributed by atoms with Crippen molar-refractivity contribution >= 4 is 23.2 Å². The summed E-state index contributed by atoms with van der Waals surface area (Å²) in [6, 6.07) is 46.0. The van der Waals surface area contributed by atoms with Gasteiger partial charge in [-0.3, -0.25) is 9.98 Å². The van der Waals surface area contributed by atoms with Gasteiger partial charge < -0.3 is 0 Å². The zero-order chi connectivity index (χ0) is 30.8. The highest BCUT2D eigenvalue weighted by Crippen LogP contribution is 2.49. The Kier molecular flexibility index (Phi) is 6.25. The lowest BCUT2D eigenvalue weighted by molar-refractivity contribution is 0.660. The Bertz CT molecular complexity index is 2060. The number of hydrogen-bond acceptors (Lipinski definition) is 2. The summed E-state index contributed by atoms with van der Waals surface area (Å²) in [5.41, 5.74) is 13.9. The summed E-state index contributed by atoms with van der Waals surface area (Å²) in [7, 11) is 0. The highest BCUT2D eigenvalue weighted by Gasteiger charge is 2.36. The first-order valence-corrected chi connectivity index (χ1v) is 15.8. The monoisotopic (exact) mass is 580 g/mol. The van der Waals surface area contributed by atoms with Crippen LogP contribution < -0.4 is 0 Å². The molecule has 0 spiro atoms. The molecule has 0 N–H and O–H groups in total. The van der Waals surface area contributed by atoms with Crippen molar-refractivity contribution < 1.29 is 0 Å². The molecule has 2 nitrogen and oxygen atoms in total. The van der Waals surface area contributed by atoms with Crippen molar-refractivity contribution in [2.45, 2.75) is 44.7 Å². The molecule has 45 heavy (non-hydrogen) atoms. The van der Waals surface area contributed by atoms with E-state index in [1.54, 1.807) is 0 Å². The van der Waals surface area contributed by atoms with Gasteiger partial charge in [-0.05, 0) is 90.2 Å². The van der Waals surface area contributed by atoms with Crippen molar-refractivity contribution in [3.05, 3.63) is 166 Å². The molecule has 2 aliphatic rings. The molecule has 8 rings (SSSR count). The molecule has 0 saturated carbocycles. The van der Waals surface area contributed by atoms with E-state index in [0.29, 0.717) is 0 Å². The second-order valence-corrected chi connectivity index (χ2v) is 13.5. The van der Waals surface area contributed by atoms with Gasteiger partial charge in [0.2, 0.25) is 0 Å². The van der Waals surface area contributed by atoms with Gasteiger partial charge in [-0.15, -0.1) is 0 Å². The molecule has 2 aliphatic carbocycles. The largest absolute Gasteiger partial charge is 0.261 e. The third kappa shape index (κ3) is 4.47. The molecule has 0 radical (unpaired) electrons. The molecule has 2 heteroatoms. The van der Waals surface area contributed by atoms with Crippen LogP contribution >= 0.6 is 0 Å². The minimum Gasteiger partial charge on any atom is -0.261 e. The Balaban J connectivity index is 1.16. The number of benzene rings is 6. The number of fused-ring (bicyclic) bond motifs is 7. The van der Waals surface area contributed by atoms with E-state index in [4.69, 9.17) is 9.98 Å². The van der Waals surface area contributed by atoms with Crippen LogP contribution in [0.15, 0.2) is 137 Å². The van der Waals surface area contributed by atoms with Crippen LogP contribution in [0.25, 0.3) is 33.0 Å². The molecule has 0 saturated heterocycles. The van der Waals surface area contributed by atoms with Crippen LogP contribution in [-0.2, 0) is 10.8 Å². The van der Waals surface area contributed by atoms with Crippen molar-refractivity contribution in [2.75, 3.05) is 0 Å². The van der Waals surface area contributed by atoms with E-state index < -0.39 is 0 Å². The molecule has 0 bridgehead atoms. The summed E-state index contributed by atoms with van der Waals surface area (Å²) in [4.78, 5) is 10.2. The Labute approximate surface area is 265 Å². The molecular formula is C43H36N2. The average Bonchev–Trinajstić information content (AvgIpc) is 3.44. The molecular weight excluding hydrogens is 544 g/mol. The SMILES string of the molecule is CC1(C)c2ccccc2-c2ccc(/C=N/C(/N=C/c3ccc4c(c3)C(C)(C)c3ccccc3-4)c3ccc4ccccc4c3)cc21. The predicted molar refractivity (Wildman–Crippen MR) is 190 cm³/mol. The van der Waals surface area contributed by atoms with Crippen molar-refractivity contribution in [1.29, 1.82) is 0 Å². The summed E-state index contributed by atoms with van der Waals surface area (Å²) >= 11 is 0. The predicted octanol–water partition coefficient (Wildman–Crippen LogP) is 10.7. The number of hydrogen-bond donors (Lipinski definition) is 0. The normalized spacial score (nSPS) is 15.5. The van der Waals surface area contributed by atoms with Gasteiger partial charge in [-0.2, -0.15) is 0 Å². The van der Waals surface area contributed by atoms with Crippen LogP contribution in [0.1, 0.15) is 72.8 Å². The number of aliphatic imine (C=N–C) groups is 2. The maximum Gasteiger partial charge on any atom is 0.165 e. The third-order valence-electron chi connectivity index (χ3n) is 10.0.